The molecule has 0 aliphatic heterocycles. The Bertz CT molecular complexity index is 824. The van der Waals surface area contributed by atoms with E-state index < -0.39 is 6.10 Å². The second-order valence-corrected chi connectivity index (χ2v) is 9.01. The van der Waals surface area contributed by atoms with Crippen molar-refractivity contribution in [3.63, 3.8) is 0 Å². The van der Waals surface area contributed by atoms with Gasteiger partial charge in [0.1, 0.15) is 12.4 Å². The van der Waals surface area contributed by atoms with E-state index >= 15 is 0 Å². The van der Waals surface area contributed by atoms with Crippen LogP contribution in [-0.2, 0) is 25.0 Å². The van der Waals surface area contributed by atoms with E-state index in [4.69, 9.17) is 4.74 Å². The third kappa shape index (κ3) is 6.31. The Kier molecular flexibility index (Phi) is 9.54. The summed E-state index contributed by atoms with van der Waals surface area (Å²) < 4.78 is 5.88. The van der Waals surface area contributed by atoms with Crippen LogP contribution >= 0.6 is 0 Å². The lowest BCUT2D eigenvalue weighted by molar-refractivity contribution is 0.0698. The molecule has 0 bridgehead atoms. The topological polar surface area (TPSA) is 69.9 Å². The third-order valence-electron chi connectivity index (χ3n) is 6.82. The fourth-order valence-electron chi connectivity index (χ4n) is 4.18. The monoisotopic (exact) mass is 428 g/mol. The molecule has 0 aromatic heterocycles. The fraction of sp³-hybridized carbons (Fsp3) is 0.556. The molecular formula is C27H40O4. The number of aliphatic hydroxyl groups is 3. The van der Waals surface area contributed by atoms with Gasteiger partial charge < -0.3 is 20.1 Å². The average molecular weight is 429 g/mol. The number of aryl methyl sites for hydroxylation is 2. The van der Waals surface area contributed by atoms with Crippen LogP contribution in [0.3, 0.4) is 0 Å². The molecule has 0 spiro atoms. The normalized spacial score (nSPS) is 12.9. The largest absolute Gasteiger partial charge is 0.491 e. The van der Waals surface area contributed by atoms with Crippen molar-refractivity contribution in [3.8, 4) is 5.75 Å². The zero-order valence-corrected chi connectivity index (χ0v) is 19.8. The molecule has 4 nitrogen and oxygen atoms in total. The summed E-state index contributed by atoms with van der Waals surface area (Å²) in [5.74, 6) is 1.00. The van der Waals surface area contributed by atoms with Crippen LogP contribution < -0.4 is 4.74 Å². The zero-order valence-electron chi connectivity index (χ0n) is 19.8. The number of rotatable bonds is 12. The highest BCUT2D eigenvalue weighted by atomic mass is 16.5. The summed E-state index contributed by atoms with van der Waals surface area (Å²) in [6.07, 6.45) is 3.53. The van der Waals surface area contributed by atoms with Gasteiger partial charge in [0.25, 0.3) is 0 Å². The Labute approximate surface area is 187 Å². The predicted molar refractivity (Wildman–Crippen MR) is 126 cm³/mol. The molecule has 0 aliphatic rings. The minimum absolute atomic E-state index is 0.0497. The second kappa shape index (κ2) is 11.7. The molecule has 2 rings (SSSR count). The smallest absolute Gasteiger partial charge is 0.122 e. The average Bonchev–Trinajstić information content (AvgIpc) is 2.78. The first kappa shape index (κ1) is 25.4. The molecule has 1 unspecified atom stereocenters. The second-order valence-electron chi connectivity index (χ2n) is 9.01. The van der Waals surface area contributed by atoms with Crippen LogP contribution in [0.4, 0.5) is 0 Å². The lowest BCUT2D eigenvalue weighted by Crippen LogP contribution is -2.26. The van der Waals surface area contributed by atoms with E-state index in [1.807, 2.05) is 32.0 Å². The van der Waals surface area contributed by atoms with Gasteiger partial charge in [0.2, 0.25) is 0 Å². The van der Waals surface area contributed by atoms with Crippen molar-refractivity contribution in [2.24, 2.45) is 5.92 Å². The Morgan fingerprint density at radius 1 is 0.935 bits per heavy atom. The maximum absolute atomic E-state index is 10.0. The first-order valence-electron chi connectivity index (χ1n) is 11.5. The molecule has 172 valence electrons. The van der Waals surface area contributed by atoms with E-state index in [0.717, 1.165) is 48.1 Å². The van der Waals surface area contributed by atoms with Gasteiger partial charge in [-0.15, -0.1) is 0 Å². The Morgan fingerprint density at radius 3 is 2.16 bits per heavy atom. The quantitative estimate of drug-likeness (QED) is 0.442. The van der Waals surface area contributed by atoms with Crippen molar-refractivity contribution in [1.29, 1.82) is 0 Å². The molecule has 0 amide bonds. The molecule has 0 fully saturated rings. The van der Waals surface area contributed by atoms with Crippen molar-refractivity contribution < 1.29 is 20.1 Å². The maximum atomic E-state index is 10.0. The van der Waals surface area contributed by atoms with E-state index in [1.54, 1.807) is 0 Å². The predicted octanol–water partition coefficient (Wildman–Crippen LogP) is 5.07. The number of aliphatic hydroxyl groups excluding tert-OH is 3. The van der Waals surface area contributed by atoms with Crippen molar-refractivity contribution in [2.45, 2.75) is 85.0 Å². The standard InChI is InChI=1S/C27H40O4/c1-6-27(7-2,13-12-21-8-9-22(16-28)23(15-21)17-29)24-10-11-26(20(5)14-24)31-18-25(30)19(3)4/h8-11,14-15,19,25,28-30H,6-7,12-13,16-18H2,1-5H3. The van der Waals surface area contributed by atoms with E-state index in [2.05, 4.69) is 39.0 Å². The van der Waals surface area contributed by atoms with Crippen molar-refractivity contribution in [3.05, 3.63) is 64.2 Å². The van der Waals surface area contributed by atoms with E-state index in [-0.39, 0.29) is 24.5 Å². The fourth-order valence-corrected chi connectivity index (χ4v) is 4.18. The summed E-state index contributed by atoms with van der Waals surface area (Å²) in [5, 5.41) is 29.1. The lowest BCUT2D eigenvalue weighted by Gasteiger charge is -2.33. The molecule has 0 aliphatic carbocycles. The van der Waals surface area contributed by atoms with Crippen LogP contribution in [0.15, 0.2) is 36.4 Å². The van der Waals surface area contributed by atoms with Gasteiger partial charge in [0.05, 0.1) is 19.3 Å². The van der Waals surface area contributed by atoms with Gasteiger partial charge in [-0.2, -0.15) is 0 Å². The van der Waals surface area contributed by atoms with Crippen LogP contribution in [0.2, 0.25) is 0 Å². The molecule has 0 saturated heterocycles. The number of hydrogen-bond donors (Lipinski definition) is 3. The Balaban J connectivity index is 2.19. The molecule has 0 heterocycles. The molecule has 2 aromatic carbocycles. The molecule has 0 radical (unpaired) electrons. The minimum atomic E-state index is -0.467. The lowest BCUT2D eigenvalue weighted by atomic mass is 9.71. The van der Waals surface area contributed by atoms with Gasteiger partial charge in [-0.05, 0) is 77.8 Å². The van der Waals surface area contributed by atoms with E-state index in [0.29, 0.717) is 6.61 Å². The van der Waals surface area contributed by atoms with Crippen LogP contribution in [0.25, 0.3) is 0 Å². The highest BCUT2D eigenvalue weighted by Crippen LogP contribution is 2.38. The number of ether oxygens (including phenoxy) is 1. The summed E-state index contributed by atoms with van der Waals surface area (Å²) >= 11 is 0. The summed E-state index contributed by atoms with van der Waals surface area (Å²) in [5.41, 5.74) is 5.26. The van der Waals surface area contributed by atoms with Crippen LogP contribution in [0.1, 0.15) is 74.8 Å². The van der Waals surface area contributed by atoms with E-state index in [1.165, 1.54) is 11.1 Å². The number of hydrogen-bond acceptors (Lipinski definition) is 4. The van der Waals surface area contributed by atoms with Gasteiger partial charge in [-0.25, -0.2) is 0 Å². The molecule has 2 aromatic rings. The first-order valence-corrected chi connectivity index (χ1v) is 11.5. The maximum Gasteiger partial charge on any atom is 0.122 e. The minimum Gasteiger partial charge on any atom is -0.491 e. The molecule has 31 heavy (non-hydrogen) atoms. The summed E-state index contributed by atoms with van der Waals surface area (Å²) in [6, 6.07) is 12.4. The highest BCUT2D eigenvalue weighted by Gasteiger charge is 2.29. The van der Waals surface area contributed by atoms with Crippen LogP contribution in [-0.4, -0.2) is 28.0 Å². The molecule has 0 saturated carbocycles. The van der Waals surface area contributed by atoms with Crippen LogP contribution in [0.5, 0.6) is 5.75 Å². The van der Waals surface area contributed by atoms with Gasteiger partial charge in [0.15, 0.2) is 0 Å². The SMILES string of the molecule is CCC(CC)(CCc1ccc(CO)c(CO)c1)c1ccc(OCC(O)C(C)C)c(C)c1. The molecule has 3 N–H and O–H groups in total. The van der Waals surface area contributed by atoms with Crippen molar-refractivity contribution in [1.82, 2.24) is 0 Å². The summed E-state index contributed by atoms with van der Waals surface area (Å²) in [6.45, 7) is 10.7. The molecule has 1 atom stereocenters. The van der Waals surface area contributed by atoms with Gasteiger partial charge in [-0.3, -0.25) is 0 Å². The Hall–Kier alpha value is -1.88. The number of benzene rings is 2. The Morgan fingerprint density at radius 2 is 1.61 bits per heavy atom. The highest BCUT2D eigenvalue weighted by molar-refractivity contribution is 5.40. The molecular weight excluding hydrogens is 388 g/mol. The van der Waals surface area contributed by atoms with Gasteiger partial charge in [-0.1, -0.05) is 58.0 Å². The van der Waals surface area contributed by atoms with Crippen molar-refractivity contribution in [2.75, 3.05) is 6.61 Å². The van der Waals surface area contributed by atoms with Gasteiger partial charge >= 0.3 is 0 Å². The zero-order chi connectivity index (χ0) is 23.0. The summed E-state index contributed by atoms with van der Waals surface area (Å²) in [7, 11) is 0. The third-order valence-corrected chi connectivity index (χ3v) is 6.82. The first-order chi connectivity index (χ1) is 14.8. The van der Waals surface area contributed by atoms with Gasteiger partial charge in [0, 0.05) is 0 Å². The van der Waals surface area contributed by atoms with E-state index in [9.17, 15) is 15.3 Å². The molecule has 4 heteroatoms. The summed E-state index contributed by atoms with van der Waals surface area (Å²) in [4.78, 5) is 0. The van der Waals surface area contributed by atoms with Crippen LogP contribution in [0, 0.1) is 12.8 Å². The van der Waals surface area contributed by atoms with Crippen molar-refractivity contribution >= 4 is 0 Å².